The minimum absolute atomic E-state index is 0.0168. The maximum Gasteiger partial charge on any atom is 0.424 e. The van der Waals surface area contributed by atoms with Gasteiger partial charge in [-0.2, -0.15) is 27.1 Å². The van der Waals surface area contributed by atoms with Crippen LogP contribution in [0.5, 0.6) is 11.5 Å². The number of nitrogens with zero attached hydrogens (tertiary/aromatic N) is 3. The number of nitrogens with one attached hydrogen (secondary N) is 1. The normalized spacial score (nSPS) is 17.5. The summed E-state index contributed by atoms with van der Waals surface area (Å²) >= 11 is 11.8. The van der Waals surface area contributed by atoms with Crippen molar-refractivity contribution in [2.24, 2.45) is 5.73 Å². The number of hydrogen-bond donors (Lipinski definition) is 3. The van der Waals surface area contributed by atoms with Crippen LogP contribution in [0.2, 0.25) is 10.0 Å². The van der Waals surface area contributed by atoms with Crippen LogP contribution in [-0.4, -0.2) is 58.1 Å². The van der Waals surface area contributed by atoms with Crippen molar-refractivity contribution >= 4 is 45.9 Å². The Kier molecular flexibility index (Phi) is 8.28. The molecule has 1 aliphatic heterocycles. The van der Waals surface area contributed by atoms with Crippen LogP contribution in [0.4, 0.5) is 26.3 Å². The minimum Gasteiger partial charge on any atom is -0.494 e. The summed E-state index contributed by atoms with van der Waals surface area (Å²) in [4.78, 5) is 29.5. The quantitative estimate of drug-likeness (QED) is 0.169. The molecule has 0 aliphatic carbocycles. The largest absolute Gasteiger partial charge is 0.494 e. The highest BCUT2D eigenvalue weighted by molar-refractivity contribution is 6.35. The zero-order chi connectivity index (χ0) is 33.9. The zero-order valence-electron chi connectivity index (χ0n) is 23.5. The summed E-state index contributed by atoms with van der Waals surface area (Å²) in [7, 11) is 1.17. The van der Waals surface area contributed by atoms with E-state index in [-0.39, 0.29) is 44.8 Å². The molecule has 2 amide bonds. The SMILES string of the molecule is COc1cc(C(=O)NCC(O)(c2cc3c(c(-c4cc(Cl)c(F)c(Cl)c4)n2)OC[C@]3(C)C(N)=O)C(F)(F)F)cc2cn(C(F)F)nc12. The van der Waals surface area contributed by atoms with E-state index in [9.17, 15) is 41.0 Å². The number of ether oxygens (including phenoxy) is 2. The van der Waals surface area contributed by atoms with Crippen LogP contribution < -0.4 is 20.5 Å². The average molecular weight is 692 g/mol. The Hall–Kier alpha value is -4.28. The molecule has 3 heterocycles. The number of primary amides is 1. The van der Waals surface area contributed by atoms with Crippen LogP contribution in [0.25, 0.3) is 22.2 Å². The number of hydrogen-bond acceptors (Lipinski definition) is 7. The van der Waals surface area contributed by atoms with Gasteiger partial charge in [0.05, 0.1) is 29.4 Å². The van der Waals surface area contributed by atoms with Gasteiger partial charge in [-0.1, -0.05) is 23.2 Å². The van der Waals surface area contributed by atoms with E-state index in [0.717, 1.165) is 36.5 Å². The van der Waals surface area contributed by atoms with Gasteiger partial charge in [0.25, 0.3) is 5.91 Å². The molecular weight excluding hydrogens is 671 g/mol. The number of amides is 2. The maximum atomic E-state index is 14.7. The molecule has 0 saturated carbocycles. The molecule has 18 heteroatoms. The summed E-state index contributed by atoms with van der Waals surface area (Å²) in [6.45, 7) is -3.65. The van der Waals surface area contributed by atoms with E-state index in [2.05, 4.69) is 10.1 Å². The fourth-order valence-electron chi connectivity index (χ4n) is 4.84. The smallest absolute Gasteiger partial charge is 0.424 e. The van der Waals surface area contributed by atoms with E-state index in [1.54, 1.807) is 0 Å². The molecule has 1 aliphatic rings. The summed E-state index contributed by atoms with van der Waals surface area (Å²) in [5.74, 6) is -3.47. The van der Waals surface area contributed by atoms with Crippen LogP contribution in [0, 0.1) is 5.82 Å². The van der Waals surface area contributed by atoms with Crippen LogP contribution >= 0.6 is 23.2 Å². The number of pyridine rings is 1. The number of fused-ring (bicyclic) bond motifs is 2. The number of benzene rings is 2. The van der Waals surface area contributed by atoms with Gasteiger partial charge in [-0.25, -0.2) is 14.1 Å². The third kappa shape index (κ3) is 5.43. The highest BCUT2D eigenvalue weighted by Gasteiger charge is 2.57. The van der Waals surface area contributed by atoms with Gasteiger partial charge in [-0.3, -0.25) is 9.59 Å². The first kappa shape index (κ1) is 33.1. The number of aliphatic hydroxyl groups is 1. The lowest BCUT2D eigenvalue weighted by Gasteiger charge is -2.31. The topological polar surface area (TPSA) is 142 Å². The summed E-state index contributed by atoms with van der Waals surface area (Å²) < 4.78 is 95.7. The molecule has 0 spiro atoms. The maximum absolute atomic E-state index is 14.7. The first-order chi connectivity index (χ1) is 21.4. The third-order valence-electron chi connectivity index (χ3n) is 7.54. The van der Waals surface area contributed by atoms with E-state index >= 15 is 0 Å². The Morgan fingerprint density at radius 1 is 1.20 bits per heavy atom. The van der Waals surface area contributed by atoms with Gasteiger partial charge in [0.2, 0.25) is 11.5 Å². The first-order valence-corrected chi connectivity index (χ1v) is 13.7. The Morgan fingerprint density at radius 3 is 2.41 bits per heavy atom. The van der Waals surface area contributed by atoms with Crippen molar-refractivity contribution in [2.45, 2.75) is 30.7 Å². The summed E-state index contributed by atoms with van der Waals surface area (Å²) in [5.41, 5.74) is -2.17. The second kappa shape index (κ2) is 11.5. The van der Waals surface area contributed by atoms with Crippen molar-refractivity contribution in [2.75, 3.05) is 20.3 Å². The van der Waals surface area contributed by atoms with Crippen LogP contribution in [0.3, 0.4) is 0 Å². The number of rotatable bonds is 8. The molecule has 0 bridgehead atoms. The Balaban J connectivity index is 1.61. The Morgan fingerprint density at radius 2 is 1.85 bits per heavy atom. The highest BCUT2D eigenvalue weighted by Crippen LogP contribution is 2.48. The van der Waals surface area contributed by atoms with Gasteiger partial charge >= 0.3 is 12.7 Å². The second-order valence-electron chi connectivity index (χ2n) is 10.5. The molecular formula is C28H21Cl2F6N5O5. The van der Waals surface area contributed by atoms with E-state index in [1.807, 2.05) is 5.32 Å². The molecule has 0 saturated heterocycles. The number of carbonyl (C=O) groups excluding carboxylic acids is 2. The lowest BCUT2D eigenvalue weighted by atomic mass is 9.81. The number of alkyl halides is 5. The molecule has 2 atom stereocenters. The number of methoxy groups -OCH3 is 1. The van der Waals surface area contributed by atoms with Crippen molar-refractivity contribution in [3.63, 3.8) is 0 Å². The molecule has 1 unspecified atom stereocenters. The molecule has 2 aromatic carbocycles. The van der Waals surface area contributed by atoms with Crippen LogP contribution in [-0.2, 0) is 15.8 Å². The fourth-order valence-corrected chi connectivity index (χ4v) is 5.33. The fraction of sp³-hybridized carbons (Fsp3) is 0.286. The molecule has 46 heavy (non-hydrogen) atoms. The first-order valence-electron chi connectivity index (χ1n) is 13.0. The van der Waals surface area contributed by atoms with Gasteiger partial charge in [0.15, 0.2) is 5.82 Å². The van der Waals surface area contributed by atoms with E-state index in [0.29, 0.717) is 4.68 Å². The standard InChI is InChI=1S/C28H21Cl2F6N5O5/c1-26(24(37)43)10-46-22-14(26)7-18(39-21(22)11-4-15(29)19(31)16(30)5-11)27(44,28(34,35)36)9-38-23(42)12-3-13-8-41(25(32)33)40-20(13)17(6-12)45-2/h3-8,25,44H,9-10H2,1-2H3,(H2,37,43)(H,38,42)/t26-,27?/m0/s1. The Labute approximate surface area is 265 Å². The van der Waals surface area contributed by atoms with Crippen molar-refractivity contribution in [3.05, 3.63) is 69.2 Å². The summed E-state index contributed by atoms with van der Waals surface area (Å²) in [5, 5.41) is 15.9. The summed E-state index contributed by atoms with van der Waals surface area (Å²) in [6, 6.07) is 4.95. The monoisotopic (exact) mass is 691 g/mol. The Bertz CT molecular complexity index is 1880. The molecule has 10 nitrogen and oxygen atoms in total. The average Bonchev–Trinajstić information content (AvgIpc) is 3.59. The lowest BCUT2D eigenvalue weighted by Crippen LogP contribution is -2.51. The van der Waals surface area contributed by atoms with E-state index in [1.165, 1.54) is 14.0 Å². The van der Waals surface area contributed by atoms with E-state index < -0.39 is 70.3 Å². The van der Waals surface area contributed by atoms with Crippen molar-refractivity contribution in [3.8, 4) is 22.8 Å². The summed E-state index contributed by atoms with van der Waals surface area (Å²) in [6.07, 6.45) is -4.59. The minimum atomic E-state index is -5.50. The zero-order valence-corrected chi connectivity index (χ0v) is 25.0. The van der Waals surface area contributed by atoms with Crippen molar-refractivity contribution in [1.82, 2.24) is 20.1 Å². The molecule has 4 N–H and O–H groups in total. The predicted molar refractivity (Wildman–Crippen MR) is 152 cm³/mol. The van der Waals surface area contributed by atoms with E-state index in [4.69, 9.17) is 38.4 Å². The number of carbonyl (C=O) groups is 2. The molecule has 0 radical (unpaired) electrons. The van der Waals surface area contributed by atoms with Gasteiger partial charge in [-0.05, 0) is 37.3 Å². The number of halogens is 8. The van der Waals surface area contributed by atoms with Crippen molar-refractivity contribution < 1.29 is 50.5 Å². The van der Waals surface area contributed by atoms with Crippen LogP contribution in [0.1, 0.15) is 35.1 Å². The van der Waals surface area contributed by atoms with Gasteiger partial charge in [0, 0.05) is 28.3 Å². The third-order valence-corrected chi connectivity index (χ3v) is 8.09. The second-order valence-corrected chi connectivity index (χ2v) is 11.3. The highest BCUT2D eigenvalue weighted by atomic mass is 35.5. The molecule has 0 fully saturated rings. The van der Waals surface area contributed by atoms with Crippen molar-refractivity contribution in [1.29, 1.82) is 0 Å². The predicted octanol–water partition coefficient (Wildman–Crippen LogP) is 5.26. The number of nitrogens with two attached hydrogens (primary N) is 1. The number of aromatic nitrogens is 3. The molecule has 244 valence electrons. The van der Waals surface area contributed by atoms with Crippen LogP contribution in [0.15, 0.2) is 36.5 Å². The van der Waals surface area contributed by atoms with Gasteiger partial charge < -0.3 is 25.6 Å². The van der Waals surface area contributed by atoms with Gasteiger partial charge in [0.1, 0.15) is 34.7 Å². The molecule has 5 rings (SSSR count). The molecule has 4 aromatic rings. The van der Waals surface area contributed by atoms with Gasteiger partial charge in [-0.15, -0.1) is 0 Å². The molecule has 2 aromatic heterocycles. The lowest BCUT2D eigenvalue weighted by molar-refractivity contribution is -0.265.